The van der Waals surface area contributed by atoms with Crippen LogP contribution in [-0.4, -0.2) is 8.07 Å². The summed E-state index contributed by atoms with van der Waals surface area (Å²) in [6.07, 6.45) is 1.27. The van der Waals surface area contributed by atoms with Crippen molar-refractivity contribution in [3.63, 3.8) is 0 Å². The standard InChI is InChI=1S/C19H34Si/c1-15(2)13-18(19(3,4)5)17-11-9-16(10-12-17)14-20(6,7)8/h9-12,15,18H,13-14H2,1-8H3. The molecule has 1 heteroatoms. The normalized spacial score (nSPS) is 14.7. The topological polar surface area (TPSA) is 0 Å². The highest BCUT2D eigenvalue weighted by atomic mass is 28.3. The molecule has 0 aliphatic carbocycles. The van der Waals surface area contributed by atoms with Crippen LogP contribution >= 0.6 is 0 Å². The van der Waals surface area contributed by atoms with E-state index in [4.69, 9.17) is 0 Å². The average Bonchev–Trinajstić information content (AvgIpc) is 2.23. The Morgan fingerprint density at radius 3 is 1.80 bits per heavy atom. The summed E-state index contributed by atoms with van der Waals surface area (Å²) in [6, 6.07) is 10.8. The van der Waals surface area contributed by atoms with E-state index < -0.39 is 8.07 Å². The van der Waals surface area contributed by atoms with Crippen LogP contribution in [-0.2, 0) is 6.04 Å². The fraction of sp³-hybridized carbons (Fsp3) is 0.684. The minimum Gasteiger partial charge on any atom is -0.0693 e. The third-order valence-corrected chi connectivity index (χ3v) is 5.34. The van der Waals surface area contributed by atoms with Crippen molar-refractivity contribution in [1.29, 1.82) is 0 Å². The lowest BCUT2D eigenvalue weighted by Gasteiger charge is -2.33. The van der Waals surface area contributed by atoms with Gasteiger partial charge in [0.25, 0.3) is 0 Å². The maximum Gasteiger partial charge on any atom is 0.0487 e. The van der Waals surface area contributed by atoms with Gasteiger partial charge in [0.15, 0.2) is 0 Å². The molecule has 0 heterocycles. The predicted octanol–water partition coefficient (Wildman–Crippen LogP) is 6.28. The summed E-state index contributed by atoms with van der Waals surface area (Å²) >= 11 is 0. The van der Waals surface area contributed by atoms with Crippen molar-refractivity contribution in [1.82, 2.24) is 0 Å². The molecule has 1 aromatic carbocycles. The van der Waals surface area contributed by atoms with Crippen LogP contribution in [0.4, 0.5) is 0 Å². The van der Waals surface area contributed by atoms with Crippen molar-refractivity contribution in [2.45, 2.75) is 72.6 Å². The van der Waals surface area contributed by atoms with E-state index in [9.17, 15) is 0 Å². The summed E-state index contributed by atoms with van der Waals surface area (Å²) < 4.78 is 0. The van der Waals surface area contributed by atoms with Crippen LogP contribution in [0.2, 0.25) is 19.6 Å². The SMILES string of the molecule is CC(C)CC(c1ccc(C[Si](C)(C)C)cc1)C(C)(C)C. The van der Waals surface area contributed by atoms with Gasteiger partial charge < -0.3 is 0 Å². The number of hydrogen-bond acceptors (Lipinski definition) is 0. The fourth-order valence-electron chi connectivity index (χ4n) is 2.94. The zero-order valence-electron chi connectivity index (χ0n) is 14.9. The van der Waals surface area contributed by atoms with Gasteiger partial charge in [-0.1, -0.05) is 84.1 Å². The molecule has 114 valence electrons. The fourth-order valence-corrected chi connectivity index (χ4v) is 4.40. The molecule has 0 amide bonds. The molecular formula is C19H34Si. The molecule has 0 bridgehead atoms. The Morgan fingerprint density at radius 2 is 1.45 bits per heavy atom. The van der Waals surface area contributed by atoms with Crippen molar-refractivity contribution in [3.8, 4) is 0 Å². The summed E-state index contributed by atoms with van der Waals surface area (Å²) in [5.74, 6) is 1.41. The lowest BCUT2D eigenvalue weighted by Crippen LogP contribution is -2.24. The van der Waals surface area contributed by atoms with E-state index in [-0.39, 0.29) is 0 Å². The van der Waals surface area contributed by atoms with E-state index in [1.165, 1.54) is 23.6 Å². The van der Waals surface area contributed by atoms with Gasteiger partial charge in [0.1, 0.15) is 0 Å². The van der Waals surface area contributed by atoms with Gasteiger partial charge in [-0.2, -0.15) is 0 Å². The molecule has 20 heavy (non-hydrogen) atoms. The Labute approximate surface area is 128 Å². The minimum atomic E-state index is -1.01. The monoisotopic (exact) mass is 290 g/mol. The van der Waals surface area contributed by atoms with Gasteiger partial charge in [0.2, 0.25) is 0 Å². The first-order valence-corrected chi connectivity index (χ1v) is 11.8. The Balaban J connectivity index is 2.94. The molecule has 0 nitrogen and oxygen atoms in total. The van der Waals surface area contributed by atoms with Crippen LogP contribution in [0.5, 0.6) is 0 Å². The molecule has 1 unspecified atom stereocenters. The smallest absolute Gasteiger partial charge is 0.0487 e. The van der Waals surface area contributed by atoms with Gasteiger partial charge in [0.05, 0.1) is 0 Å². The van der Waals surface area contributed by atoms with E-state index in [1.807, 2.05) is 0 Å². The summed E-state index contributed by atoms with van der Waals surface area (Å²) in [5, 5.41) is 0. The summed E-state index contributed by atoms with van der Waals surface area (Å²) in [5.41, 5.74) is 3.38. The van der Waals surface area contributed by atoms with Crippen molar-refractivity contribution in [2.24, 2.45) is 11.3 Å². The first-order chi connectivity index (χ1) is 8.99. The van der Waals surface area contributed by atoms with Crippen LogP contribution in [0.15, 0.2) is 24.3 Å². The molecule has 0 N–H and O–H groups in total. The summed E-state index contributed by atoms with van der Waals surface area (Å²) in [7, 11) is -1.01. The summed E-state index contributed by atoms with van der Waals surface area (Å²) in [6.45, 7) is 19.1. The van der Waals surface area contributed by atoms with Crippen molar-refractivity contribution >= 4 is 8.07 Å². The van der Waals surface area contributed by atoms with Crippen LogP contribution in [0.1, 0.15) is 58.1 Å². The summed E-state index contributed by atoms with van der Waals surface area (Å²) in [4.78, 5) is 0. The Bertz CT molecular complexity index is 401. The Morgan fingerprint density at radius 1 is 0.950 bits per heavy atom. The van der Waals surface area contributed by atoms with Gasteiger partial charge in [-0.25, -0.2) is 0 Å². The maximum absolute atomic E-state index is 2.44. The lowest BCUT2D eigenvalue weighted by atomic mass is 9.72. The minimum absolute atomic E-state index is 0.338. The van der Waals surface area contributed by atoms with Gasteiger partial charge in [0, 0.05) is 8.07 Å². The Kier molecular flexibility index (Phi) is 5.66. The number of hydrogen-bond donors (Lipinski definition) is 0. The first kappa shape index (κ1) is 17.5. The van der Waals surface area contributed by atoms with E-state index in [1.54, 1.807) is 0 Å². The largest absolute Gasteiger partial charge is 0.0693 e. The van der Waals surface area contributed by atoms with E-state index in [2.05, 4.69) is 78.5 Å². The third kappa shape index (κ3) is 5.83. The van der Waals surface area contributed by atoms with Crippen molar-refractivity contribution in [2.75, 3.05) is 0 Å². The Hall–Kier alpha value is -0.563. The third-order valence-electron chi connectivity index (χ3n) is 3.87. The average molecular weight is 291 g/mol. The van der Waals surface area contributed by atoms with E-state index in [0.29, 0.717) is 11.3 Å². The van der Waals surface area contributed by atoms with Gasteiger partial charge in [-0.3, -0.25) is 0 Å². The molecule has 1 aromatic rings. The second-order valence-corrected chi connectivity index (χ2v) is 14.5. The van der Waals surface area contributed by atoms with Crippen LogP contribution in [0.25, 0.3) is 0 Å². The molecular weight excluding hydrogens is 256 g/mol. The molecule has 0 aliphatic rings. The van der Waals surface area contributed by atoms with Crippen molar-refractivity contribution in [3.05, 3.63) is 35.4 Å². The van der Waals surface area contributed by atoms with Crippen LogP contribution in [0, 0.1) is 11.3 Å². The second kappa shape index (κ2) is 6.47. The molecule has 1 atom stereocenters. The highest BCUT2D eigenvalue weighted by Crippen LogP contribution is 2.39. The van der Waals surface area contributed by atoms with Gasteiger partial charge in [-0.05, 0) is 35.3 Å². The van der Waals surface area contributed by atoms with E-state index >= 15 is 0 Å². The molecule has 0 spiro atoms. The molecule has 0 fully saturated rings. The quantitative estimate of drug-likeness (QED) is 0.560. The predicted molar refractivity (Wildman–Crippen MR) is 95.1 cm³/mol. The molecule has 0 radical (unpaired) electrons. The molecule has 0 saturated heterocycles. The molecule has 1 rings (SSSR count). The van der Waals surface area contributed by atoms with Crippen molar-refractivity contribution < 1.29 is 0 Å². The zero-order valence-corrected chi connectivity index (χ0v) is 15.9. The van der Waals surface area contributed by atoms with E-state index in [0.717, 1.165) is 5.92 Å². The molecule has 0 saturated carbocycles. The zero-order chi connectivity index (χ0) is 15.6. The van der Waals surface area contributed by atoms with Gasteiger partial charge >= 0.3 is 0 Å². The lowest BCUT2D eigenvalue weighted by molar-refractivity contribution is 0.280. The first-order valence-electron chi connectivity index (χ1n) is 8.08. The van der Waals surface area contributed by atoms with Crippen LogP contribution < -0.4 is 0 Å². The second-order valence-electron chi connectivity index (χ2n) is 9.03. The molecule has 0 aromatic heterocycles. The number of benzene rings is 1. The maximum atomic E-state index is 2.44. The highest BCUT2D eigenvalue weighted by Gasteiger charge is 2.27. The molecule has 0 aliphatic heterocycles. The van der Waals surface area contributed by atoms with Crippen LogP contribution in [0.3, 0.4) is 0 Å². The number of rotatable bonds is 5. The van der Waals surface area contributed by atoms with Gasteiger partial charge in [-0.15, -0.1) is 0 Å². The highest BCUT2D eigenvalue weighted by molar-refractivity contribution is 6.75.